The van der Waals surface area contributed by atoms with Gasteiger partial charge in [-0.1, -0.05) is 44.2 Å². The third-order valence-corrected chi connectivity index (χ3v) is 2.89. The molecule has 0 heterocycles. The minimum absolute atomic E-state index is 0.130. The molecule has 0 radical (unpaired) electrons. The van der Waals surface area contributed by atoms with Gasteiger partial charge < -0.3 is 0 Å². The van der Waals surface area contributed by atoms with E-state index in [1.165, 1.54) is 0 Å². The molecule has 0 aliphatic carbocycles. The van der Waals surface area contributed by atoms with E-state index < -0.39 is 12.8 Å². The molecule has 5 heteroatoms. The summed E-state index contributed by atoms with van der Waals surface area (Å²) in [5.41, 5.74) is 3.47. The van der Waals surface area contributed by atoms with Crippen molar-refractivity contribution < 1.29 is 18.0 Å². The van der Waals surface area contributed by atoms with Crippen molar-refractivity contribution >= 4 is 0 Å². The van der Waals surface area contributed by atoms with Crippen LogP contribution >= 0.6 is 0 Å². The van der Waals surface area contributed by atoms with Crippen molar-refractivity contribution in [2.24, 2.45) is 0 Å². The van der Waals surface area contributed by atoms with E-state index in [4.69, 9.17) is 0 Å². The second-order valence-electron chi connectivity index (χ2n) is 5.38. The van der Waals surface area contributed by atoms with Gasteiger partial charge in [-0.2, -0.15) is 18.7 Å². The summed E-state index contributed by atoms with van der Waals surface area (Å²) < 4.78 is 35.8. The van der Waals surface area contributed by atoms with Crippen LogP contribution in [0.1, 0.15) is 32.8 Å². The highest BCUT2D eigenvalue weighted by Crippen LogP contribution is 2.28. The predicted molar refractivity (Wildman–Crippen MR) is 68.7 cm³/mol. The molecule has 19 heavy (non-hydrogen) atoms. The fourth-order valence-electron chi connectivity index (χ4n) is 2.08. The van der Waals surface area contributed by atoms with E-state index in [0.29, 0.717) is 6.42 Å². The maximum absolute atomic E-state index is 11.9. The first kappa shape index (κ1) is 16.0. The minimum Gasteiger partial charge on any atom is -0.292 e. The van der Waals surface area contributed by atoms with Crippen LogP contribution in [0.4, 0.5) is 13.2 Å². The lowest BCUT2D eigenvalue weighted by molar-refractivity contribution is -0.192. The van der Waals surface area contributed by atoms with Gasteiger partial charge in [-0.15, -0.1) is 0 Å². The summed E-state index contributed by atoms with van der Waals surface area (Å²) in [5, 5.41) is 0. The molecule has 1 atom stereocenters. The Hall–Kier alpha value is -1.07. The van der Waals surface area contributed by atoms with Gasteiger partial charge in [-0.05, 0) is 24.3 Å². The van der Waals surface area contributed by atoms with Crippen LogP contribution in [-0.4, -0.2) is 18.8 Å². The SMILES string of the molecule is CC(CC(C)(C)c1ccccc1)NOCC(F)(F)F. The number of alkyl halides is 3. The van der Waals surface area contributed by atoms with Gasteiger partial charge in [0.2, 0.25) is 0 Å². The van der Waals surface area contributed by atoms with Gasteiger partial charge in [0.25, 0.3) is 0 Å². The maximum atomic E-state index is 11.9. The molecule has 1 N–H and O–H groups in total. The Balaban J connectivity index is 2.45. The van der Waals surface area contributed by atoms with E-state index in [9.17, 15) is 13.2 Å². The number of rotatable bonds is 6. The Morgan fingerprint density at radius 1 is 1.16 bits per heavy atom. The van der Waals surface area contributed by atoms with E-state index in [1.54, 1.807) is 6.92 Å². The monoisotopic (exact) mass is 275 g/mol. The van der Waals surface area contributed by atoms with Crippen molar-refractivity contribution in [1.29, 1.82) is 0 Å². The molecule has 1 rings (SSSR count). The fraction of sp³-hybridized carbons (Fsp3) is 0.571. The van der Waals surface area contributed by atoms with Crippen LogP contribution < -0.4 is 5.48 Å². The van der Waals surface area contributed by atoms with Crippen LogP contribution in [0.3, 0.4) is 0 Å². The summed E-state index contributed by atoms with van der Waals surface area (Å²) in [5.74, 6) is 0. The summed E-state index contributed by atoms with van der Waals surface area (Å²) in [6, 6.07) is 9.71. The molecular formula is C14H20F3NO. The highest BCUT2D eigenvalue weighted by atomic mass is 19.4. The van der Waals surface area contributed by atoms with Gasteiger partial charge in [0.15, 0.2) is 6.61 Å². The average Bonchev–Trinajstić information content (AvgIpc) is 2.27. The smallest absolute Gasteiger partial charge is 0.292 e. The minimum atomic E-state index is -4.30. The molecule has 2 nitrogen and oxygen atoms in total. The summed E-state index contributed by atoms with van der Waals surface area (Å²) in [4.78, 5) is 4.47. The van der Waals surface area contributed by atoms with Gasteiger partial charge in [-0.25, -0.2) is 0 Å². The normalized spacial score (nSPS) is 14.4. The van der Waals surface area contributed by atoms with Crippen molar-refractivity contribution in [3.8, 4) is 0 Å². The summed E-state index contributed by atoms with van der Waals surface area (Å²) >= 11 is 0. The standard InChI is InChI=1S/C14H20F3NO/c1-11(18-19-10-14(15,16)17)9-13(2,3)12-7-5-4-6-8-12/h4-8,11,18H,9-10H2,1-3H3. The first-order valence-corrected chi connectivity index (χ1v) is 6.20. The molecule has 1 aromatic carbocycles. The van der Waals surface area contributed by atoms with Crippen LogP contribution in [-0.2, 0) is 10.3 Å². The average molecular weight is 275 g/mol. The molecule has 0 bridgehead atoms. The number of nitrogens with one attached hydrogen (secondary N) is 1. The number of halogens is 3. The van der Waals surface area contributed by atoms with Gasteiger partial charge in [0, 0.05) is 6.04 Å². The van der Waals surface area contributed by atoms with Gasteiger partial charge in [0.05, 0.1) is 0 Å². The summed E-state index contributed by atoms with van der Waals surface area (Å²) in [6.45, 7) is 4.65. The molecule has 0 saturated carbocycles. The van der Waals surface area contributed by atoms with Crippen LogP contribution in [0, 0.1) is 0 Å². The quantitative estimate of drug-likeness (QED) is 0.797. The highest BCUT2D eigenvalue weighted by molar-refractivity contribution is 5.23. The van der Waals surface area contributed by atoms with Gasteiger partial charge in [0.1, 0.15) is 0 Å². The first-order valence-electron chi connectivity index (χ1n) is 6.20. The highest BCUT2D eigenvalue weighted by Gasteiger charge is 2.29. The largest absolute Gasteiger partial charge is 0.413 e. The lowest BCUT2D eigenvalue weighted by Gasteiger charge is -2.29. The molecule has 0 aliphatic rings. The van der Waals surface area contributed by atoms with Gasteiger partial charge >= 0.3 is 6.18 Å². The van der Waals surface area contributed by atoms with Crippen molar-refractivity contribution in [3.05, 3.63) is 35.9 Å². The molecule has 108 valence electrons. The molecular weight excluding hydrogens is 255 g/mol. The lowest BCUT2D eigenvalue weighted by Crippen LogP contribution is -2.35. The zero-order chi connectivity index (χ0) is 14.5. The van der Waals surface area contributed by atoms with E-state index in [1.807, 2.05) is 30.3 Å². The zero-order valence-corrected chi connectivity index (χ0v) is 11.4. The Morgan fingerprint density at radius 3 is 2.26 bits per heavy atom. The Bertz CT molecular complexity index is 376. The van der Waals surface area contributed by atoms with Crippen molar-refractivity contribution in [1.82, 2.24) is 5.48 Å². The molecule has 0 spiro atoms. The number of hydrogen-bond acceptors (Lipinski definition) is 2. The van der Waals surface area contributed by atoms with Crippen molar-refractivity contribution in [2.45, 2.75) is 44.8 Å². The van der Waals surface area contributed by atoms with Crippen LogP contribution in [0.15, 0.2) is 30.3 Å². The topological polar surface area (TPSA) is 21.3 Å². The predicted octanol–water partition coefficient (Wildman–Crippen LogP) is 3.83. The lowest BCUT2D eigenvalue weighted by atomic mass is 9.79. The molecule has 1 unspecified atom stereocenters. The summed E-state index contributed by atoms with van der Waals surface area (Å²) in [7, 11) is 0. The maximum Gasteiger partial charge on any atom is 0.413 e. The third kappa shape index (κ3) is 6.07. The Kier molecular flexibility index (Phi) is 5.38. The van der Waals surface area contributed by atoms with E-state index in [0.717, 1.165) is 5.56 Å². The van der Waals surface area contributed by atoms with Crippen LogP contribution in [0.25, 0.3) is 0 Å². The van der Waals surface area contributed by atoms with Crippen molar-refractivity contribution in [2.75, 3.05) is 6.61 Å². The van der Waals surface area contributed by atoms with E-state index >= 15 is 0 Å². The second kappa shape index (κ2) is 6.39. The Morgan fingerprint density at radius 2 is 1.74 bits per heavy atom. The molecule has 0 aromatic heterocycles. The third-order valence-electron chi connectivity index (χ3n) is 2.89. The number of hydroxylamine groups is 1. The van der Waals surface area contributed by atoms with Crippen LogP contribution in [0.2, 0.25) is 0 Å². The molecule has 0 fully saturated rings. The Labute approximate surface area is 111 Å². The number of hydrogen-bond donors (Lipinski definition) is 1. The second-order valence-corrected chi connectivity index (χ2v) is 5.38. The molecule has 1 aromatic rings. The zero-order valence-electron chi connectivity index (χ0n) is 11.4. The van der Waals surface area contributed by atoms with E-state index in [2.05, 4.69) is 24.2 Å². The molecule has 0 saturated heterocycles. The van der Waals surface area contributed by atoms with Crippen molar-refractivity contribution in [3.63, 3.8) is 0 Å². The van der Waals surface area contributed by atoms with E-state index in [-0.39, 0.29) is 11.5 Å². The van der Waals surface area contributed by atoms with Gasteiger partial charge in [-0.3, -0.25) is 4.84 Å². The fourth-order valence-corrected chi connectivity index (χ4v) is 2.08. The number of benzene rings is 1. The first-order chi connectivity index (χ1) is 8.71. The molecule has 0 amide bonds. The molecule has 0 aliphatic heterocycles. The van der Waals surface area contributed by atoms with Crippen LogP contribution in [0.5, 0.6) is 0 Å². The summed E-state index contributed by atoms with van der Waals surface area (Å²) in [6.07, 6.45) is -3.63.